The van der Waals surface area contributed by atoms with E-state index in [-0.39, 0.29) is 17.4 Å². The number of aromatic nitrogens is 1. The number of benzene rings is 4. The van der Waals surface area contributed by atoms with Crippen LogP contribution in [0.15, 0.2) is 119 Å². The minimum Gasteiger partial charge on any atom is -0.497 e. The SMILES string of the molecule is COc1cccc(-c2csc(NC(=O)CSc3cccc(NC(=O)/C(=C\c4ccc(N(C)C)cc4)NC(=O)c4ccccc4)c3)n2)c1. The van der Waals surface area contributed by atoms with Crippen molar-refractivity contribution in [2.45, 2.75) is 4.90 Å². The molecule has 5 aromatic rings. The Morgan fingerprint density at radius 3 is 2.40 bits per heavy atom. The number of rotatable bonds is 12. The maximum Gasteiger partial charge on any atom is 0.272 e. The van der Waals surface area contributed by atoms with Gasteiger partial charge in [0.2, 0.25) is 5.91 Å². The molecule has 0 saturated heterocycles. The molecule has 4 aromatic carbocycles. The number of carbonyl (C=O) groups excluding carboxylic acids is 3. The fourth-order valence-corrected chi connectivity index (χ4v) is 5.88. The molecule has 0 spiro atoms. The van der Waals surface area contributed by atoms with Crippen molar-refractivity contribution in [1.82, 2.24) is 10.3 Å². The lowest BCUT2D eigenvalue weighted by atomic mass is 10.1. The summed E-state index contributed by atoms with van der Waals surface area (Å²) in [4.78, 5) is 46.5. The predicted octanol–water partition coefficient (Wildman–Crippen LogP) is 7.03. The number of thioether (sulfide) groups is 1. The lowest BCUT2D eigenvalue weighted by molar-refractivity contribution is -0.114. The third kappa shape index (κ3) is 9.32. The van der Waals surface area contributed by atoms with Gasteiger partial charge in [0, 0.05) is 46.9 Å². The molecule has 1 heterocycles. The van der Waals surface area contributed by atoms with Gasteiger partial charge in [-0.2, -0.15) is 0 Å². The Labute approximate surface area is 281 Å². The van der Waals surface area contributed by atoms with E-state index in [0.29, 0.717) is 16.4 Å². The first-order chi connectivity index (χ1) is 22.8. The van der Waals surface area contributed by atoms with Gasteiger partial charge in [-0.15, -0.1) is 23.1 Å². The number of amides is 3. The Morgan fingerprint density at radius 1 is 0.894 bits per heavy atom. The zero-order valence-corrected chi connectivity index (χ0v) is 27.7. The molecule has 1 aromatic heterocycles. The Balaban J connectivity index is 1.23. The summed E-state index contributed by atoms with van der Waals surface area (Å²) >= 11 is 2.68. The van der Waals surface area contributed by atoms with E-state index in [9.17, 15) is 14.4 Å². The number of methoxy groups -OCH3 is 1. The van der Waals surface area contributed by atoms with Crippen LogP contribution in [0.1, 0.15) is 15.9 Å². The van der Waals surface area contributed by atoms with Gasteiger partial charge in [0.1, 0.15) is 11.4 Å². The van der Waals surface area contributed by atoms with Crippen molar-refractivity contribution in [2.24, 2.45) is 0 Å². The van der Waals surface area contributed by atoms with Gasteiger partial charge in [-0.25, -0.2) is 4.98 Å². The minimum atomic E-state index is -0.485. The number of hydrogen-bond acceptors (Lipinski definition) is 8. The number of anilines is 3. The van der Waals surface area contributed by atoms with Crippen LogP contribution in [-0.2, 0) is 9.59 Å². The standard InChI is InChI=1S/C36H33N5O4S2/c1-41(2)28-17-15-24(16-18-28)19-31(38-34(43)25-9-5-4-6-10-25)35(44)37-27-12-8-14-30(21-27)46-23-33(42)40-36-39-32(22-47-36)26-11-7-13-29(20-26)45-3/h4-22H,23H2,1-3H3,(H,37,44)(H,38,43)(H,39,40,42)/b31-19+. The first-order valence-corrected chi connectivity index (χ1v) is 16.4. The van der Waals surface area contributed by atoms with Gasteiger partial charge in [-0.05, 0) is 66.2 Å². The molecule has 5 rings (SSSR count). The quantitative estimate of drug-likeness (QED) is 0.0971. The number of carbonyl (C=O) groups is 3. The number of nitrogens with zero attached hydrogens (tertiary/aromatic N) is 2. The van der Waals surface area contributed by atoms with Crippen LogP contribution in [0, 0.1) is 0 Å². The predicted molar refractivity (Wildman–Crippen MR) is 191 cm³/mol. The first kappa shape index (κ1) is 33.0. The van der Waals surface area contributed by atoms with Gasteiger partial charge in [-0.3, -0.25) is 14.4 Å². The molecule has 0 saturated carbocycles. The Morgan fingerprint density at radius 2 is 1.66 bits per heavy atom. The molecule has 11 heteroatoms. The average Bonchev–Trinajstić information content (AvgIpc) is 3.56. The van der Waals surface area contributed by atoms with E-state index < -0.39 is 11.8 Å². The van der Waals surface area contributed by atoms with E-state index in [2.05, 4.69) is 20.9 Å². The van der Waals surface area contributed by atoms with Crippen molar-refractivity contribution in [1.29, 1.82) is 0 Å². The smallest absolute Gasteiger partial charge is 0.272 e. The average molecular weight is 664 g/mol. The monoisotopic (exact) mass is 663 g/mol. The van der Waals surface area contributed by atoms with Crippen molar-refractivity contribution < 1.29 is 19.1 Å². The molecule has 0 aliphatic heterocycles. The van der Waals surface area contributed by atoms with Crippen LogP contribution in [0.2, 0.25) is 0 Å². The van der Waals surface area contributed by atoms with E-state index in [1.807, 2.05) is 85.0 Å². The summed E-state index contributed by atoms with van der Waals surface area (Å²) in [6, 6.07) is 31.1. The molecule has 3 amide bonds. The number of nitrogens with one attached hydrogen (secondary N) is 3. The van der Waals surface area contributed by atoms with Gasteiger partial charge in [0.05, 0.1) is 18.6 Å². The molecule has 0 radical (unpaired) electrons. The maximum absolute atomic E-state index is 13.5. The molecule has 0 fully saturated rings. The molecule has 9 nitrogen and oxygen atoms in total. The minimum absolute atomic E-state index is 0.0886. The van der Waals surface area contributed by atoms with Crippen LogP contribution >= 0.6 is 23.1 Å². The van der Waals surface area contributed by atoms with E-state index in [0.717, 1.165) is 33.2 Å². The number of hydrogen-bond donors (Lipinski definition) is 3. The van der Waals surface area contributed by atoms with E-state index in [1.165, 1.54) is 23.1 Å². The van der Waals surface area contributed by atoms with Crippen LogP contribution in [0.5, 0.6) is 5.75 Å². The van der Waals surface area contributed by atoms with Crippen molar-refractivity contribution >= 4 is 63.4 Å². The molecule has 238 valence electrons. The highest BCUT2D eigenvalue weighted by molar-refractivity contribution is 8.00. The molecule has 0 aliphatic carbocycles. The van der Waals surface area contributed by atoms with E-state index >= 15 is 0 Å². The third-order valence-electron chi connectivity index (χ3n) is 6.83. The Hall–Kier alpha value is -5.39. The molecule has 0 bridgehead atoms. The summed E-state index contributed by atoms with van der Waals surface area (Å²) in [5.74, 6) is -0.211. The summed E-state index contributed by atoms with van der Waals surface area (Å²) < 4.78 is 5.29. The summed E-state index contributed by atoms with van der Waals surface area (Å²) in [5.41, 5.74) is 4.44. The van der Waals surface area contributed by atoms with Gasteiger partial charge in [0.25, 0.3) is 11.8 Å². The molecule has 0 atom stereocenters. The van der Waals surface area contributed by atoms with Crippen molar-refractivity contribution in [3.05, 3.63) is 125 Å². The third-order valence-corrected chi connectivity index (χ3v) is 8.58. The fourth-order valence-electron chi connectivity index (χ4n) is 4.39. The fraction of sp³-hybridized carbons (Fsp3) is 0.111. The van der Waals surface area contributed by atoms with Gasteiger partial charge in [0.15, 0.2) is 5.13 Å². The second kappa shape index (κ2) is 15.7. The Kier molecular flexibility index (Phi) is 11.1. The molecule has 3 N–H and O–H groups in total. The second-order valence-electron chi connectivity index (χ2n) is 10.5. The van der Waals surface area contributed by atoms with E-state index in [4.69, 9.17) is 4.74 Å². The normalized spacial score (nSPS) is 11.0. The number of ether oxygens (including phenoxy) is 1. The highest BCUT2D eigenvalue weighted by Gasteiger charge is 2.16. The van der Waals surface area contributed by atoms with Gasteiger partial charge >= 0.3 is 0 Å². The molecule has 47 heavy (non-hydrogen) atoms. The van der Waals surface area contributed by atoms with Crippen molar-refractivity contribution in [3.8, 4) is 17.0 Å². The second-order valence-corrected chi connectivity index (χ2v) is 12.4. The van der Waals surface area contributed by atoms with Gasteiger partial charge < -0.3 is 25.6 Å². The van der Waals surface area contributed by atoms with Crippen molar-refractivity contribution in [3.63, 3.8) is 0 Å². The van der Waals surface area contributed by atoms with Crippen LogP contribution < -0.4 is 25.6 Å². The summed E-state index contributed by atoms with van der Waals surface area (Å²) in [6.07, 6.45) is 1.64. The maximum atomic E-state index is 13.5. The van der Waals surface area contributed by atoms with E-state index in [1.54, 1.807) is 55.7 Å². The number of thiazole rings is 1. The molecular weight excluding hydrogens is 631 g/mol. The molecule has 0 unspecified atom stereocenters. The highest BCUT2D eigenvalue weighted by atomic mass is 32.2. The summed E-state index contributed by atoms with van der Waals surface area (Å²) in [5, 5.41) is 10.9. The van der Waals surface area contributed by atoms with Crippen molar-refractivity contribution in [2.75, 3.05) is 42.5 Å². The van der Waals surface area contributed by atoms with Crippen LogP contribution in [0.3, 0.4) is 0 Å². The first-order valence-electron chi connectivity index (χ1n) is 14.6. The highest BCUT2D eigenvalue weighted by Crippen LogP contribution is 2.28. The zero-order chi connectivity index (χ0) is 33.2. The molecule has 0 aliphatic rings. The van der Waals surface area contributed by atoms with Crippen LogP contribution in [0.25, 0.3) is 17.3 Å². The summed E-state index contributed by atoms with van der Waals surface area (Å²) in [7, 11) is 5.51. The van der Waals surface area contributed by atoms with Crippen LogP contribution in [-0.4, -0.2) is 49.7 Å². The Bertz CT molecular complexity index is 1890. The topological polar surface area (TPSA) is 113 Å². The van der Waals surface area contributed by atoms with Gasteiger partial charge in [-0.1, -0.05) is 48.5 Å². The lowest BCUT2D eigenvalue weighted by Crippen LogP contribution is -2.30. The largest absolute Gasteiger partial charge is 0.497 e. The lowest BCUT2D eigenvalue weighted by Gasteiger charge is -2.14. The molecular formula is C36H33N5O4S2. The summed E-state index contributed by atoms with van der Waals surface area (Å²) in [6.45, 7) is 0. The zero-order valence-electron chi connectivity index (χ0n) is 26.0. The van der Waals surface area contributed by atoms with Crippen LogP contribution in [0.4, 0.5) is 16.5 Å².